The molecule has 0 spiro atoms. The summed E-state index contributed by atoms with van der Waals surface area (Å²) in [7, 11) is 2.18. The number of halogens is 1. The van der Waals surface area contributed by atoms with E-state index in [4.69, 9.17) is 0 Å². The van der Waals surface area contributed by atoms with Gasteiger partial charge in [0, 0.05) is 24.4 Å². The molecule has 2 nitrogen and oxygen atoms in total. The molecule has 2 atom stereocenters. The van der Waals surface area contributed by atoms with Crippen molar-refractivity contribution in [1.82, 2.24) is 4.90 Å². The first-order valence-electron chi connectivity index (χ1n) is 7.63. The van der Waals surface area contributed by atoms with E-state index < -0.39 is 0 Å². The van der Waals surface area contributed by atoms with E-state index in [0.29, 0.717) is 36.3 Å². The number of hydrogen-bond acceptors (Lipinski definition) is 2. The predicted molar refractivity (Wildman–Crippen MR) is 77.0 cm³/mol. The minimum absolute atomic E-state index is 0.191. The predicted octanol–water partition coefficient (Wildman–Crippen LogP) is 3.20. The first kappa shape index (κ1) is 13.7. The number of Topliss-reactive ketones (excluding diaryl/α,β-unsaturated/α-hetero) is 1. The standard InChI is InChI=1S/C17H22FNO/c1-19-14-7-8-15(19)11-13(10-14)17(20)9-6-12-4-2-3-5-16(12)18/h2-5,13-15H,6-11H2,1H3. The number of hydrogen-bond donors (Lipinski definition) is 0. The summed E-state index contributed by atoms with van der Waals surface area (Å²) in [4.78, 5) is 14.8. The van der Waals surface area contributed by atoms with Crippen LogP contribution in [-0.2, 0) is 11.2 Å². The maximum Gasteiger partial charge on any atom is 0.136 e. The fourth-order valence-electron chi connectivity index (χ4n) is 3.84. The van der Waals surface area contributed by atoms with Crippen LogP contribution in [0.25, 0.3) is 0 Å². The maximum absolute atomic E-state index is 13.5. The average Bonchev–Trinajstić information content (AvgIpc) is 2.67. The van der Waals surface area contributed by atoms with Crippen LogP contribution in [0.5, 0.6) is 0 Å². The lowest BCUT2D eigenvalue weighted by Gasteiger charge is -2.35. The molecule has 1 aromatic rings. The molecule has 108 valence electrons. The second kappa shape index (κ2) is 5.65. The van der Waals surface area contributed by atoms with E-state index in [-0.39, 0.29) is 11.7 Å². The van der Waals surface area contributed by atoms with Crippen molar-refractivity contribution < 1.29 is 9.18 Å². The van der Waals surface area contributed by atoms with E-state index in [9.17, 15) is 9.18 Å². The maximum atomic E-state index is 13.5. The van der Waals surface area contributed by atoms with E-state index in [0.717, 1.165) is 12.8 Å². The normalized spacial score (nSPS) is 29.6. The van der Waals surface area contributed by atoms with Gasteiger partial charge >= 0.3 is 0 Å². The minimum atomic E-state index is -0.191. The van der Waals surface area contributed by atoms with Gasteiger partial charge < -0.3 is 4.90 Å². The van der Waals surface area contributed by atoms with Crippen molar-refractivity contribution in [2.24, 2.45) is 5.92 Å². The second-order valence-corrected chi connectivity index (χ2v) is 6.28. The molecule has 2 aliphatic rings. The monoisotopic (exact) mass is 275 g/mol. The number of fused-ring (bicyclic) bond motifs is 2. The Morgan fingerprint density at radius 3 is 2.55 bits per heavy atom. The molecule has 20 heavy (non-hydrogen) atoms. The lowest BCUT2D eigenvalue weighted by Crippen LogP contribution is -2.42. The Kier molecular flexibility index (Phi) is 3.88. The van der Waals surface area contributed by atoms with Gasteiger partial charge in [-0.15, -0.1) is 0 Å². The number of aryl methyl sites for hydroxylation is 1. The summed E-state index contributed by atoms with van der Waals surface area (Å²) in [5, 5.41) is 0. The van der Waals surface area contributed by atoms with E-state index in [1.807, 2.05) is 6.07 Å². The molecule has 2 aliphatic heterocycles. The zero-order valence-corrected chi connectivity index (χ0v) is 12.0. The van der Waals surface area contributed by atoms with E-state index in [2.05, 4.69) is 11.9 Å². The van der Waals surface area contributed by atoms with Crippen LogP contribution in [0.2, 0.25) is 0 Å². The van der Waals surface area contributed by atoms with Gasteiger partial charge in [0.05, 0.1) is 0 Å². The zero-order chi connectivity index (χ0) is 14.1. The molecular formula is C17H22FNO. The molecule has 2 saturated heterocycles. The summed E-state index contributed by atoms with van der Waals surface area (Å²) in [5.74, 6) is 0.345. The van der Waals surface area contributed by atoms with Crippen LogP contribution in [0.3, 0.4) is 0 Å². The Morgan fingerprint density at radius 1 is 1.25 bits per heavy atom. The molecule has 1 aromatic carbocycles. The highest BCUT2D eigenvalue weighted by Crippen LogP contribution is 2.38. The van der Waals surface area contributed by atoms with Crippen molar-refractivity contribution in [2.75, 3.05) is 7.05 Å². The van der Waals surface area contributed by atoms with Gasteiger partial charge in [-0.05, 0) is 50.8 Å². The van der Waals surface area contributed by atoms with E-state index in [1.54, 1.807) is 12.1 Å². The minimum Gasteiger partial charge on any atom is -0.300 e. The molecule has 0 N–H and O–H groups in total. The highest BCUT2D eigenvalue weighted by molar-refractivity contribution is 5.81. The first-order valence-corrected chi connectivity index (χ1v) is 7.63. The fraction of sp³-hybridized carbons (Fsp3) is 0.588. The summed E-state index contributed by atoms with van der Waals surface area (Å²) in [6.45, 7) is 0. The van der Waals surface area contributed by atoms with Gasteiger partial charge in [-0.1, -0.05) is 18.2 Å². The highest BCUT2D eigenvalue weighted by atomic mass is 19.1. The van der Waals surface area contributed by atoms with Gasteiger partial charge in [-0.2, -0.15) is 0 Å². The lowest BCUT2D eigenvalue weighted by atomic mass is 9.85. The number of benzene rings is 1. The summed E-state index contributed by atoms with van der Waals surface area (Å²) in [6.07, 6.45) is 5.49. The van der Waals surface area contributed by atoms with Crippen LogP contribution in [0.15, 0.2) is 24.3 Å². The second-order valence-electron chi connectivity index (χ2n) is 6.28. The Labute approximate surface area is 120 Å². The Bertz CT molecular complexity index is 488. The molecule has 0 radical (unpaired) electrons. The number of ketones is 1. The Morgan fingerprint density at radius 2 is 1.90 bits per heavy atom. The molecule has 0 amide bonds. The number of piperidine rings is 1. The number of carbonyl (C=O) groups is 1. The van der Waals surface area contributed by atoms with Gasteiger partial charge in [0.1, 0.15) is 11.6 Å². The molecule has 0 aliphatic carbocycles. The van der Waals surface area contributed by atoms with Gasteiger partial charge in [-0.3, -0.25) is 4.79 Å². The molecule has 2 unspecified atom stereocenters. The lowest BCUT2D eigenvalue weighted by molar-refractivity contribution is -0.125. The van der Waals surface area contributed by atoms with Crippen LogP contribution in [-0.4, -0.2) is 29.8 Å². The van der Waals surface area contributed by atoms with E-state index in [1.165, 1.54) is 18.9 Å². The number of carbonyl (C=O) groups excluding carboxylic acids is 1. The largest absolute Gasteiger partial charge is 0.300 e. The third kappa shape index (κ3) is 2.64. The zero-order valence-electron chi connectivity index (χ0n) is 12.0. The smallest absolute Gasteiger partial charge is 0.136 e. The molecule has 0 saturated carbocycles. The van der Waals surface area contributed by atoms with Gasteiger partial charge in [-0.25, -0.2) is 4.39 Å². The van der Waals surface area contributed by atoms with Crippen LogP contribution < -0.4 is 0 Å². The van der Waals surface area contributed by atoms with Crippen molar-refractivity contribution in [2.45, 2.75) is 50.6 Å². The molecule has 0 aromatic heterocycles. The average molecular weight is 275 g/mol. The molecule has 2 bridgehead atoms. The third-order valence-electron chi connectivity index (χ3n) is 5.15. The fourth-order valence-corrected chi connectivity index (χ4v) is 3.84. The molecule has 2 heterocycles. The summed E-state index contributed by atoms with van der Waals surface area (Å²) >= 11 is 0. The van der Waals surface area contributed by atoms with Gasteiger partial charge in [0.2, 0.25) is 0 Å². The topological polar surface area (TPSA) is 20.3 Å². The van der Waals surface area contributed by atoms with Gasteiger partial charge in [0.25, 0.3) is 0 Å². The highest BCUT2D eigenvalue weighted by Gasteiger charge is 2.40. The number of nitrogens with zero attached hydrogens (tertiary/aromatic N) is 1. The van der Waals surface area contributed by atoms with Crippen molar-refractivity contribution in [3.63, 3.8) is 0 Å². The van der Waals surface area contributed by atoms with Gasteiger partial charge in [0.15, 0.2) is 0 Å². The molecule has 2 fully saturated rings. The van der Waals surface area contributed by atoms with Crippen molar-refractivity contribution in [1.29, 1.82) is 0 Å². The van der Waals surface area contributed by atoms with Crippen LogP contribution in [0, 0.1) is 11.7 Å². The first-order chi connectivity index (χ1) is 9.65. The van der Waals surface area contributed by atoms with Crippen LogP contribution in [0.1, 0.15) is 37.7 Å². The Balaban J connectivity index is 1.57. The van der Waals surface area contributed by atoms with Crippen LogP contribution >= 0.6 is 0 Å². The summed E-state index contributed by atoms with van der Waals surface area (Å²) < 4.78 is 13.5. The van der Waals surface area contributed by atoms with Crippen molar-refractivity contribution in [3.05, 3.63) is 35.6 Å². The molecular weight excluding hydrogens is 253 g/mol. The SMILES string of the molecule is CN1C2CCC1CC(C(=O)CCc1ccccc1F)C2. The van der Waals surface area contributed by atoms with Crippen LogP contribution in [0.4, 0.5) is 4.39 Å². The quantitative estimate of drug-likeness (QED) is 0.841. The van der Waals surface area contributed by atoms with E-state index >= 15 is 0 Å². The summed E-state index contributed by atoms with van der Waals surface area (Å²) in [6, 6.07) is 7.96. The molecule has 3 rings (SSSR count). The van der Waals surface area contributed by atoms with Crippen molar-refractivity contribution >= 4 is 5.78 Å². The van der Waals surface area contributed by atoms with Crippen molar-refractivity contribution in [3.8, 4) is 0 Å². The third-order valence-corrected chi connectivity index (χ3v) is 5.15. The number of rotatable bonds is 4. The molecule has 3 heteroatoms. The Hall–Kier alpha value is -1.22. The summed E-state index contributed by atoms with van der Waals surface area (Å²) in [5.41, 5.74) is 0.664.